The van der Waals surface area contributed by atoms with E-state index in [1.54, 1.807) is 6.20 Å². The molecule has 2 amide bonds. The van der Waals surface area contributed by atoms with Crippen molar-refractivity contribution < 1.29 is 9.59 Å². The molecule has 0 bridgehead atoms. The Kier molecular flexibility index (Phi) is 5.51. The minimum absolute atomic E-state index is 0.0492. The standard InChI is InChI=1S/C16H22N4O2S/c21-15(19-7-9-23-10-8-19)11-14-16(22)18-5-6-20(14)12-13-3-1-2-4-17-13/h1-4,14H,5-12H2,(H,18,22)/t14-/m1/s1. The van der Waals surface area contributed by atoms with Crippen molar-refractivity contribution in [1.29, 1.82) is 0 Å². The summed E-state index contributed by atoms with van der Waals surface area (Å²) in [5.41, 5.74) is 0.925. The van der Waals surface area contributed by atoms with Crippen molar-refractivity contribution in [2.24, 2.45) is 0 Å². The topological polar surface area (TPSA) is 65.5 Å². The Balaban J connectivity index is 1.65. The first-order valence-corrected chi connectivity index (χ1v) is 9.17. The second kappa shape index (κ2) is 7.79. The van der Waals surface area contributed by atoms with Gasteiger partial charge in [0.15, 0.2) is 0 Å². The van der Waals surface area contributed by atoms with Gasteiger partial charge in [0.2, 0.25) is 11.8 Å². The predicted molar refractivity (Wildman–Crippen MR) is 90.0 cm³/mol. The van der Waals surface area contributed by atoms with Gasteiger partial charge in [-0.2, -0.15) is 11.8 Å². The largest absolute Gasteiger partial charge is 0.353 e. The average Bonchev–Trinajstić information content (AvgIpc) is 2.59. The Morgan fingerprint density at radius 2 is 2.13 bits per heavy atom. The number of piperazine rings is 1. The molecule has 0 spiro atoms. The summed E-state index contributed by atoms with van der Waals surface area (Å²) in [6.45, 7) is 3.55. The second-order valence-corrected chi connectivity index (χ2v) is 7.02. The molecule has 0 aliphatic carbocycles. The summed E-state index contributed by atoms with van der Waals surface area (Å²) in [5, 5.41) is 2.88. The van der Waals surface area contributed by atoms with Crippen LogP contribution in [0.3, 0.4) is 0 Å². The van der Waals surface area contributed by atoms with Gasteiger partial charge >= 0.3 is 0 Å². The molecule has 1 aromatic rings. The van der Waals surface area contributed by atoms with E-state index in [4.69, 9.17) is 0 Å². The third-order valence-corrected chi connectivity index (χ3v) is 5.21. The van der Waals surface area contributed by atoms with E-state index in [9.17, 15) is 9.59 Å². The highest BCUT2D eigenvalue weighted by Crippen LogP contribution is 2.16. The summed E-state index contributed by atoms with van der Waals surface area (Å²) in [6, 6.07) is 5.38. The smallest absolute Gasteiger partial charge is 0.237 e. The highest BCUT2D eigenvalue weighted by molar-refractivity contribution is 7.99. The quantitative estimate of drug-likeness (QED) is 0.861. The number of aromatic nitrogens is 1. The minimum atomic E-state index is -0.396. The maximum atomic E-state index is 12.5. The zero-order valence-electron chi connectivity index (χ0n) is 13.1. The van der Waals surface area contributed by atoms with Crippen LogP contribution in [0.1, 0.15) is 12.1 Å². The van der Waals surface area contributed by atoms with E-state index in [0.717, 1.165) is 36.8 Å². The van der Waals surface area contributed by atoms with E-state index in [1.165, 1.54) is 0 Å². The molecule has 0 saturated carbocycles. The number of carbonyl (C=O) groups excluding carboxylic acids is 2. The van der Waals surface area contributed by atoms with Crippen LogP contribution in [0.15, 0.2) is 24.4 Å². The number of thioether (sulfide) groups is 1. The molecule has 3 rings (SSSR count). The molecule has 0 radical (unpaired) electrons. The number of carbonyl (C=O) groups is 2. The van der Waals surface area contributed by atoms with E-state index in [1.807, 2.05) is 34.9 Å². The highest BCUT2D eigenvalue weighted by atomic mass is 32.2. The van der Waals surface area contributed by atoms with Gasteiger partial charge in [-0.1, -0.05) is 6.07 Å². The highest BCUT2D eigenvalue weighted by Gasteiger charge is 2.33. The molecule has 124 valence electrons. The summed E-state index contributed by atoms with van der Waals surface area (Å²) < 4.78 is 0. The number of hydrogen-bond acceptors (Lipinski definition) is 5. The maximum Gasteiger partial charge on any atom is 0.237 e. The number of nitrogens with one attached hydrogen (secondary N) is 1. The molecular weight excluding hydrogens is 312 g/mol. The first-order valence-electron chi connectivity index (χ1n) is 8.01. The molecular formula is C16H22N4O2S. The van der Waals surface area contributed by atoms with Gasteiger partial charge in [-0.05, 0) is 12.1 Å². The lowest BCUT2D eigenvalue weighted by Gasteiger charge is -2.36. The first-order chi connectivity index (χ1) is 11.2. The molecule has 2 aliphatic heterocycles. The lowest BCUT2D eigenvalue weighted by Crippen LogP contribution is -2.56. The number of pyridine rings is 1. The normalized spacial score (nSPS) is 22.7. The van der Waals surface area contributed by atoms with Gasteiger partial charge < -0.3 is 10.2 Å². The number of hydrogen-bond donors (Lipinski definition) is 1. The fraction of sp³-hybridized carbons (Fsp3) is 0.562. The molecule has 0 aromatic carbocycles. The van der Waals surface area contributed by atoms with Gasteiger partial charge in [0.25, 0.3) is 0 Å². The van der Waals surface area contributed by atoms with Crippen LogP contribution in [0.5, 0.6) is 0 Å². The van der Waals surface area contributed by atoms with Crippen molar-refractivity contribution in [3.8, 4) is 0 Å². The Labute approximate surface area is 140 Å². The van der Waals surface area contributed by atoms with Crippen molar-refractivity contribution >= 4 is 23.6 Å². The van der Waals surface area contributed by atoms with Gasteiger partial charge in [0.1, 0.15) is 0 Å². The van der Waals surface area contributed by atoms with Gasteiger partial charge in [0.05, 0.1) is 18.2 Å². The van der Waals surface area contributed by atoms with Gasteiger partial charge in [-0.25, -0.2) is 0 Å². The van der Waals surface area contributed by atoms with Crippen molar-refractivity contribution in [2.45, 2.75) is 19.0 Å². The van der Waals surface area contributed by atoms with E-state index >= 15 is 0 Å². The van der Waals surface area contributed by atoms with Crippen LogP contribution in [0, 0.1) is 0 Å². The molecule has 3 heterocycles. The molecule has 2 aliphatic rings. The molecule has 0 unspecified atom stereocenters. The van der Waals surface area contributed by atoms with E-state index < -0.39 is 6.04 Å². The third kappa shape index (κ3) is 4.23. The predicted octanol–water partition coefficient (Wildman–Crippen LogP) is 0.347. The average molecular weight is 334 g/mol. The van der Waals surface area contributed by atoms with Crippen LogP contribution in [0.2, 0.25) is 0 Å². The van der Waals surface area contributed by atoms with Gasteiger partial charge in [0, 0.05) is 50.4 Å². The van der Waals surface area contributed by atoms with Crippen molar-refractivity contribution in [1.82, 2.24) is 20.1 Å². The Morgan fingerprint density at radius 1 is 1.30 bits per heavy atom. The Morgan fingerprint density at radius 3 is 2.87 bits per heavy atom. The molecule has 1 N–H and O–H groups in total. The van der Waals surface area contributed by atoms with Crippen molar-refractivity contribution in [3.05, 3.63) is 30.1 Å². The molecule has 7 heteroatoms. The fourth-order valence-electron chi connectivity index (χ4n) is 2.98. The van der Waals surface area contributed by atoms with E-state index in [2.05, 4.69) is 15.2 Å². The summed E-state index contributed by atoms with van der Waals surface area (Å²) in [6.07, 6.45) is 2.01. The molecule has 2 fully saturated rings. The number of rotatable bonds is 4. The number of nitrogens with zero attached hydrogens (tertiary/aromatic N) is 3. The molecule has 23 heavy (non-hydrogen) atoms. The van der Waals surface area contributed by atoms with Crippen molar-refractivity contribution in [2.75, 3.05) is 37.7 Å². The van der Waals surface area contributed by atoms with Crippen LogP contribution in [0.4, 0.5) is 0 Å². The molecule has 2 saturated heterocycles. The van der Waals surface area contributed by atoms with Crippen LogP contribution in [-0.2, 0) is 16.1 Å². The summed E-state index contributed by atoms with van der Waals surface area (Å²) >= 11 is 1.87. The van der Waals surface area contributed by atoms with Crippen LogP contribution in [-0.4, -0.2) is 70.3 Å². The lowest BCUT2D eigenvalue weighted by molar-refractivity contribution is -0.138. The monoisotopic (exact) mass is 334 g/mol. The summed E-state index contributed by atoms with van der Waals surface area (Å²) in [7, 11) is 0. The van der Waals surface area contributed by atoms with Gasteiger partial charge in [-0.3, -0.25) is 19.5 Å². The van der Waals surface area contributed by atoms with E-state index in [-0.39, 0.29) is 18.2 Å². The molecule has 6 nitrogen and oxygen atoms in total. The van der Waals surface area contributed by atoms with Crippen LogP contribution >= 0.6 is 11.8 Å². The van der Waals surface area contributed by atoms with Crippen LogP contribution in [0.25, 0.3) is 0 Å². The first kappa shape index (κ1) is 16.3. The van der Waals surface area contributed by atoms with Crippen LogP contribution < -0.4 is 5.32 Å². The number of amides is 2. The Hall–Kier alpha value is -1.60. The summed E-state index contributed by atoms with van der Waals surface area (Å²) in [5.74, 6) is 2.01. The van der Waals surface area contributed by atoms with Gasteiger partial charge in [-0.15, -0.1) is 0 Å². The Bertz CT molecular complexity index is 548. The summed E-state index contributed by atoms with van der Waals surface area (Å²) in [4.78, 5) is 33.1. The third-order valence-electron chi connectivity index (χ3n) is 4.26. The minimum Gasteiger partial charge on any atom is -0.353 e. The second-order valence-electron chi connectivity index (χ2n) is 5.80. The van der Waals surface area contributed by atoms with Crippen molar-refractivity contribution in [3.63, 3.8) is 0 Å². The zero-order valence-corrected chi connectivity index (χ0v) is 13.9. The fourth-order valence-corrected chi connectivity index (χ4v) is 3.88. The molecule has 1 atom stereocenters. The zero-order chi connectivity index (χ0) is 16.1. The lowest BCUT2D eigenvalue weighted by atomic mass is 10.1. The SMILES string of the molecule is O=C1NCCN(Cc2ccccn2)[C@@H]1CC(=O)N1CCSCC1. The maximum absolute atomic E-state index is 12.5. The molecule has 1 aromatic heterocycles. The van der Waals surface area contributed by atoms with E-state index in [0.29, 0.717) is 13.1 Å².